The van der Waals surface area contributed by atoms with Crippen LogP contribution in [0.4, 0.5) is 0 Å². The maximum Gasteiger partial charge on any atom is 0.307 e. The minimum atomic E-state index is -0.921. The number of benzene rings is 1. The van der Waals surface area contributed by atoms with Crippen molar-refractivity contribution >= 4 is 29.2 Å². The molecule has 88 valence electrons. The maximum atomic E-state index is 10.8. The topological polar surface area (TPSA) is 63.3 Å². The number of hydrogen-bond acceptors (Lipinski definition) is 2. The molecule has 0 fully saturated rings. The summed E-state index contributed by atoms with van der Waals surface area (Å²) in [6, 6.07) is 4.65. The molecule has 0 aromatic heterocycles. The van der Waals surface area contributed by atoms with E-state index >= 15 is 0 Å². The van der Waals surface area contributed by atoms with E-state index in [4.69, 9.17) is 34.0 Å². The minimum Gasteiger partial charge on any atom is -0.481 e. The highest BCUT2D eigenvalue weighted by molar-refractivity contribution is 6.36. The number of rotatable bonds is 4. The third-order valence-electron chi connectivity index (χ3n) is 2.53. The fraction of sp³-hybridized carbons (Fsp3) is 0.364. The monoisotopic (exact) mass is 261 g/mol. The summed E-state index contributed by atoms with van der Waals surface area (Å²) in [5, 5.41) is 9.85. The van der Waals surface area contributed by atoms with E-state index in [0.717, 1.165) is 0 Å². The number of carboxylic acids is 1. The smallest absolute Gasteiger partial charge is 0.307 e. The molecule has 16 heavy (non-hydrogen) atoms. The van der Waals surface area contributed by atoms with E-state index < -0.39 is 17.9 Å². The molecule has 0 saturated carbocycles. The van der Waals surface area contributed by atoms with Crippen LogP contribution in [0, 0.1) is 5.92 Å². The van der Waals surface area contributed by atoms with Gasteiger partial charge in [-0.3, -0.25) is 4.79 Å². The van der Waals surface area contributed by atoms with Crippen molar-refractivity contribution in [3.05, 3.63) is 33.8 Å². The Morgan fingerprint density at radius 3 is 2.38 bits per heavy atom. The number of carbonyl (C=O) groups is 1. The standard InChI is InChI=1S/C11H13Cl2NO2/c1-6(11(15)16)10(14)5-7-8(12)3-2-4-9(7)13/h2-4,6,10H,5,14H2,1H3,(H,15,16). The number of nitrogens with two attached hydrogens (primary N) is 1. The predicted molar refractivity (Wildman–Crippen MR) is 64.9 cm³/mol. The molecule has 0 spiro atoms. The van der Waals surface area contributed by atoms with Gasteiger partial charge in [-0.05, 0) is 24.1 Å². The summed E-state index contributed by atoms with van der Waals surface area (Å²) in [7, 11) is 0. The molecule has 1 aromatic carbocycles. The van der Waals surface area contributed by atoms with Gasteiger partial charge in [0, 0.05) is 16.1 Å². The van der Waals surface area contributed by atoms with Gasteiger partial charge in [0.25, 0.3) is 0 Å². The predicted octanol–water partition coefficient (Wildman–Crippen LogP) is 2.58. The van der Waals surface area contributed by atoms with Crippen LogP contribution < -0.4 is 5.73 Å². The van der Waals surface area contributed by atoms with Gasteiger partial charge < -0.3 is 10.8 Å². The molecule has 3 nitrogen and oxygen atoms in total. The van der Waals surface area contributed by atoms with Crippen LogP contribution in [0.15, 0.2) is 18.2 Å². The van der Waals surface area contributed by atoms with Crippen LogP contribution >= 0.6 is 23.2 Å². The second-order valence-electron chi connectivity index (χ2n) is 3.70. The average Bonchev–Trinajstić information content (AvgIpc) is 2.22. The molecule has 2 atom stereocenters. The van der Waals surface area contributed by atoms with Crippen molar-refractivity contribution in [2.24, 2.45) is 11.7 Å². The van der Waals surface area contributed by atoms with E-state index in [2.05, 4.69) is 0 Å². The molecule has 0 saturated heterocycles. The van der Waals surface area contributed by atoms with Gasteiger partial charge in [0.15, 0.2) is 0 Å². The van der Waals surface area contributed by atoms with Gasteiger partial charge in [0.2, 0.25) is 0 Å². The molecule has 3 N–H and O–H groups in total. The summed E-state index contributed by atoms with van der Waals surface area (Å²) in [5.41, 5.74) is 6.49. The van der Waals surface area contributed by atoms with Gasteiger partial charge in [-0.2, -0.15) is 0 Å². The Labute approximate surface area is 104 Å². The van der Waals surface area contributed by atoms with Gasteiger partial charge in [-0.25, -0.2) is 0 Å². The third kappa shape index (κ3) is 3.11. The lowest BCUT2D eigenvalue weighted by Gasteiger charge is -2.17. The summed E-state index contributed by atoms with van der Waals surface area (Å²) >= 11 is 11.9. The second kappa shape index (κ2) is 5.53. The van der Waals surface area contributed by atoms with Crippen LogP contribution in [0.2, 0.25) is 10.0 Å². The summed E-state index contributed by atoms with van der Waals surface area (Å²) in [5.74, 6) is -1.55. The first-order valence-corrected chi connectivity index (χ1v) is 5.60. The van der Waals surface area contributed by atoms with Crippen molar-refractivity contribution in [3.8, 4) is 0 Å². The van der Waals surface area contributed by atoms with E-state index in [9.17, 15) is 4.79 Å². The highest BCUT2D eigenvalue weighted by Crippen LogP contribution is 2.26. The van der Waals surface area contributed by atoms with Crippen molar-refractivity contribution in [3.63, 3.8) is 0 Å². The molecule has 0 aliphatic rings. The summed E-state index contributed by atoms with van der Waals surface area (Å²) in [6.07, 6.45) is 0.353. The first-order chi connectivity index (χ1) is 7.43. The Morgan fingerprint density at radius 2 is 1.94 bits per heavy atom. The van der Waals surface area contributed by atoms with Crippen LogP contribution in [0.25, 0.3) is 0 Å². The Morgan fingerprint density at radius 1 is 1.44 bits per heavy atom. The summed E-state index contributed by atoms with van der Waals surface area (Å²) in [6.45, 7) is 1.57. The molecule has 1 rings (SSSR count). The Balaban J connectivity index is 2.84. The molecule has 0 aliphatic carbocycles. The average molecular weight is 262 g/mol. The fourth-order valence-corrected chi connectivity index (χ4v) is 1.87. The van der Waals surface area contributed by atoms with Crippen molar-refractivity contribution in [1.82, 2.24) is 0 Å². The SMILES string of the molecule is CC(C(=O)O)C(N)Cc1c(Cl)cccc1Cl. The fourth-order valence-electron chi connectivity index (χ4n) is 1.32. The zero-order valence-electron chi connectivity index (χ0n) is 8.78. The first kappa shape index (κ1) is 13.3. The summed E-state index contributed by atoms with van der Waals surface area (Å²) < 4.78 is 0. The lowest BCUT2D eigenvalue weighted by molar-refractivity contribution is -0.141. The first-order valence-electron chi connectivity index (χ1n) is 4.84. The number of halogens is 2. The number of hydrogen-bond donors (Lipinski definition) is 2. The third-order valence-corrected chi connectivity index (χ3v) is 3.24. The number of carboxylic acid groups (broad SMARTS) is 1. The summed E-state index contributed by atoms with van der Waals surface area (Å²) in [4.78, 5) is 10.8. The normalized spacial score (nSPS) is 14.5. The Bertz CT molecular complexity index is 375. The highest BCUT2D eigenvalue weighted by atomic mass is 35.5. The van der Waals surface area contributed by atoms with Gasteiger partial charge in [0.05, 0.1) is 5.92 Å². The highest BCUT2D eigenvalue weighted by Gasteiger charge is 2.21. The quantitative estimate of drug-likeness (QED) is 0.876. The van der Waals surface area contributed by atoms with Crippen LogP contribution in [-0.4, -0.2) is 17.1 Å². The maximum absolute atomic E-state index is 10.8. The van der Waals surface area contributed by atoms with Crippen molar-refractivity contribution < 1.29 is 9.90 Å². The zero-order chi connectivity index (χ0) is 12.3. The van der Waals surface area contributed by atoms with E-state index in [0.29, 0.717) is 22.0 Å². The van der Waals surface area contributed by atoms with E-state index in [-0.39, 0.29) is 0 Å². The van der Waals surface area contributed by atoms with Crippen LogP contribution in [-0.2, 0) is 11.2 Å². The second-order valence-corrected chi connectivity index (χ2v) is 4.51. The lowest BCUT2D eigenvalue weighted by Crippen LogP contribution is -2.35. The molecular weight excluding hydrogens is 249 g/mol. The lowest BCUT2D eigenvalue weighted by atomic mass is 9.96. The van der Waals surface area contributed by atoms with Crippen LogP contribution in [0.1, 0.15) is 12.5 Å². The van der Waals surface area contributed by atoms with Crippen LogP contribution in [0.3, 0.4) is 0 Å². The van der Waals surface area contributed by atoms with Gasteiger partial charge in [0.1, 0.15) is 0 Å². The minimum absolute atomic E-state index is 0.353. The molecule has 5 heteroatoms. The molecule has 0 radical (unpaired) electrons. The van der Waals surface area contributed by atoms with E-state index in [1.807, 2.05) is 0 Å². The van der Waals surface area contributed by atoms with Crippen molar-refractivity contribution in [1.29, 1.82) is 0 Å². The van der Waals surface area contributed by atoms with Crippen molar-refractivity contribution in [2.75, 3.05) is 0 Å². The molecule has 0 aliphatic heterocycles. The largest absolute Gasteiger partial charge is 0.481 e. The van der Waals surface area contributed by atoms with E-state index in [1.165, 1.54) is 0 Å². The molecule has 0 amide bonds. The van der Waals surface area contributed by atoms with Crippen molar-refractivity contribution in [2.45, 2.75) is 19.4 Å². The van der Waals surface area contributed by atoms with Crippen LogP contribution in [0.5, 0.6) is 0 Å². The van der Waals surface area contributed by atoms with Gasteiger partial charge in [-0.15, -0.1) is 0 Å². The molecular formula is C11H13Cl2NO2. The molecule has 2 unspecified atom stereocenters. The molecule has 0 bridgehead atoms. The Hall–Kier alpha value is -0.770. The van der Waals surface area contributed by atoms with Gasteiger partial charge in [-0.1, -0.05) is 36.2 Å². The molecule has 0 heterocycles. The Kier molecular flexibility index (Phi) is 4.59. The number of aliphatic carboxylic acids is 1. The van der Waals surface area contributed by atoms with E-state index in [1.54, 1.807) is 25.1 Å². The zero-order valence-corrected chi connectivity index (χ0v) is 10.3. The van der Waals surface area contributed by atoms with Gasteiger partial charge >= 0.3 is 5.97 Å². The molecule has 1 aromatic rings.